The second-order valence-electron chi connectivity index (χ2n) is 2.86. The fourth-order valence-corrected chi connectivity index (χ4v) is 1.48. The molecule has 0 amide bonds. The van der Waals surface area contributed by atoms with Crippen LogP contribution in [0.2, 0.25) is 0 Å². The minimum Gasteiger partial charge on any atom is -0.462 e. The zero-order chi connectivity index (χ0) is 6.97. The van der Waals surface area contributed by atoms with Crippen molar-refractivity contribution in [2.45, 2.75) is 18.9 Å². The lowest BCUT2D eigenvalue weighted by molar-refractivity contribution is -0.148. The van der Waals surface area contributed by atoms with E-state index in [1.807, 2.05) is 0 Å². The maximum atomic E-state index is 10.9. The number of rotatable bonds is 0. The van der Waals surface area contributed by atoms with E-state index in [1.165, 1.54) is 0 Å². The van der Waals surface area contributed by atoms with Gasteiger partial charge in [-0.3, -0.25) is 4.79 Å². The Morgan fingerprint density at radius 1 is 1.50 bits per heavy atom. The highest BCUT2D eigenvalue weighted by molar-refractivity contribution is 5.74. The highest BCUT2D eigenvalue weighted by atomic mass is 16.6. The number of carbonyl (C=O) groups excluding carboxylic acids is 1. The van der Waals surface area contributed by atoms with Crippen molar-refractivity contribution in [3.05, 3.63) is 0 Å². The second-order valence-corrected chi connectivity index (χ2v) is 2.86. The third-order valence-electron chi connectivity index (χ3n) is 2.07. The van der Waals surface area contributed by atoms with Crippen molar-refractivity contribution in [1.29, 1.82) is 0 Å². The van der Waals surface area contributed by atoms with Gasteiger partial charge in [0.15, 0.2) is 0 Å². The van der Waals surface area contributed by atoms with Gasteiger partial charge < -0.3 is 9.47 Å². The van der Waals surface area contributed by atoms with Crippen LogP contribution in [-0.2, 0) is 14.3 Å². The van der Waals surface area contributed by atoms with Gasteiger partial charge in [-0.1, -0.05) is 0 Å². The Morgan fingerprint density at radius 2 is 2.40 bits per heavy atom. The first kappa shape index (κ1) is 6.16. The average molecular weight is 142 g/mol. The zero-order valence-corrected chi connectivity index (χ0v) is 5.71. The number of fused-ring (bicyclic) bond motifs is 2. The normalized spacial score (nSPS) is 39.0. The predicted molar refractivity (Wildman–Crippen MR) is 33.4 cm³/mol. The van der Waals surface area contributed by atoms with E-state index in [0.29, 0.717) is 6.61 Å². The molecule has 0 aromatic rings. The first-order valence-electron chi connectivity index (χ1n) is 3.64. The van der Waals surface area contributed by atoms with Crippen LogP contribution >= 0.6 is 0 Å². The van der Waals surface area contributed by atoms with Crippen LogP contribution in [0.4, 0.5) is 0 Å². The summed E-state index contributed by atoms with van der Waals surface area (Å²) in [5.74, 6) is -0.0304. The smallest absolute Gasteiger partial charge is 0.311 e. The van der Waals surface area contributed by atoms with Crippen molar-refractivity contribution in [3.63, 3.8) is 0 Å². The zero-order valence-electron chi connectivity index (χ0n) is 5.71. The molecule has 3 nitrogen and oxygen atoms in total. The van der Waals surface area contributed by atoms with Gasteiger partial charge in [0, 0.05) is 6.42 Å². The number of esters is 1. The van der Waals surface area contributed by atoms with E-state index in [1.54, 1.807) is 0 Å². The maximum absolute atomic E-state index is 10.9. The Morgan fingerprint density at radius 3 is 3.30 bits per heavy atom. The first-order chi connectivity index (χ1) is 4.86. The van der Waals surface area contributed by atoms with Crippen molar-refractivity contribution in [3.8, 4) is 0 Å². The lowest BCUT2D eigenvalue weighted by Gasteiger charge is -2.08. The number of hydrogen-bond donors (Lipinski definition) is 0. The molecule has 2 saturated heterocycles. The van der Waals surface area contributed by atoms with E-state index in [4.69, 9.17) is 9.47 Å². The lowest BCUT2D eigenvalue weighted by atomic mass is 10.1. The van der Waals surface area contributed by atoms with Gasteiger partial charge >= 0.3 is 5.97 Å². The molecule has 2 aliphatic heterocycles. The molecule has 2 aliphatic rings. The highest BCUT2D eigenvalue weighted by Crippen LogP contribution is 2.26. The van der Waals surface area contributed by atoms with E-state index >= 15 is 0 Å². The third kappa shape index (κ3) is 0.904. The van der Waals surface area contributed by atoms with Crippen molar-refractivity contribution in [2.75, 3.05) is 13.2 Å². The fraction of sp³-hybridized carbons (Fsp3) is 0.857. The number of ether oxygens (including phenoxy) is 2. The summed E-state index contributed by atoms with van der Waals surface area (Å²) in [5.41, 5.74) is 0. The predicted octanol–water partition coefficient (Wildman–Crippen LogP) is 0.338. The van der Waals surface area contributed by atoms with Gasteiger partial charge in [-0.05, 0) is 6.42 Å². The Balaban J connectivity index is 2.09. The first-order valence-corrected chi connectivity index (χ1v) is 3.64. The standard InChI is InChI=1S/C7H10O3/c8-7-5-3-6(10-7)1-2-9-4-5/h5-6H,1-4H2/t5-,6-/m0/s1. The molecule has 3 heteroatoms. The van der Waals surface area contributed by atoms with Crippen molar-refractivity contribution in [1.82, 2.24) is 0 Å². The molecule has 0 aromatic carbocycles. The van der Waals surface area contributed by atoms with Gasteiger partial charge in [0.1, 0.15) is 6.10 Å². The SMILES string of the molecule is O=C1O[C@H]2CCOC[C@@H]1C2. The van der Waals surface area contributed by atoms with Crippen molar-refractivity contribution >= 4 is 5.97 Å². The monoisotopic (exact) mass is 142 g/mol. The van der Waals surface area contributed by atoms with Crippen LogP contribution in [0.5, 0.6) is 0 Å². The van der Waals surface area contributed by atoms with Crippen LogP contribution in [0, 0.1) is 5.92 Å². The number of hydrogen-bond acceptors (Lipinski definition) is 3. The molecule has 2 rings (SSSR count). The number of carbonyl (C=O) groups is 1. The van der Waals surface area contributed by atoms with Crippen LogP contribution in [-0.4, -0.2) is 25.3 Å². The van der Waals surface area contributed by atoms with Gasteiger partial charge in [-0.25, -0.2) is 0 Å². The molecule has 0 saturated carbocycles. The summed E-state index contributed by atoms with van der Waals surface area (Å²) in [4.78, 5) is 10.9. The van der Waals surface area contributed by atoms with E-state index in [9.17, 15) is 4.79 Å². The molecule has 2 bridgehead atoms. The molecule has 2 fully saturated rings. The molecule has 10 heavy (non-hydrogen) atoms. The molecule has 0 spiro atoms. The average Bonchev–Trinajstić information content (AvgIpc) is 2.18. The maximum Gasteiger partial charge on any atom is 0.311 e. The molecule has 0 aliphatic carbocycles. The summed E-state index contributed by atoms with van der Waals surface area (Å²) in [6.45, 7) is 1.31. The fourth-order valence-electron chi connectivity index (χ4n) is 1.48. The van der Waals surface area contributed by atoms with Gasteiger partial charge in [-0.2, -0.15) is 0 Å². The largest absolute Gasteiger partial charge is 0.462 e. The van der Waals surface area contributed by atoms with Crippen molar-refractivity contribution < 1.29 is 14.3 Å². The Labute approximate surface area is 59.3 Å². The molecule has 2 atom stereocenters. The summed E-state index contributed by atoms with van der Waals surface area (Å²) in [6, 6.07) is 0. The minimum atomic E-state index is -0.0651. The van der Waals surface area contributed by atoms with Gasteiger partial charge in [0.05, 0.1) is 19.1 Å². The van der Waals surface area contributed by atoms with Crippen LogP contribution in [0.15, 0.2) is 0 Å². The van der Waals surface area contributed by atoms with E-state index in [2.05, 4.69) is 0 Å². The Kier molecular flexibility index (Phi) is 1.38. The van der Waals surface area contributed by atoms with Gasteiger partial charge in [0.25, 0.3) is 0 Å². The molecule has 0 N–H and O–H groups in total. The summed E-state index contributed by atoms with van der Waals surface area (Å²) in [6.07, 6.45) is 1.90. The summed E-state index contributed by atoms with van der Waals surface area (Å²) in [5, 5.41) is 0. The topological polar surface area (TPSA) is 35.5 Å². The molecular weight excluding hydrogens is 132 g/mol. The second kappa shape index (κ2) is 2.23. The Bertz CT molecular complexity index is 155. The quantitative estimate of drug-likeness (QED) is 0.457. The molecule has 0 aromatic heterocycles. The van der Waals surface area contributed by atoms with Crippen LogP contribution in [0.1, 0.15) is 12.8 Å². The summed E-state index contributed by atoms with van der Waals surface area (Å²) in [7, 11) is 0. The van der Waals surface area contributed by atoms with Crippen molar-refractivity contribution in [2.24, 2.45) is 5.92 Å². The van der Waals surface area contributed by atoms with Gasteiger partial charge in [-0.15, -0.1) is 0 Å². The summed E-state index contributed by atoms with van der Waals surface area (Å²) < 4.78 is 10.2. The van der Waals surface area contributed by atoms with Crippen LogP contribution in [0.3, 0.4) is 0 Å². The van der Waals surface area contributed by atoms with E-state index < -0.39 is 0 Å². The molecule has 2 heterocycles. The third-order valence-corrected chi connectivity index (χ3v) is 2.07. The molecular formula is C7H10O3. The van der Waals surface area contributed by atoms with Crippen LogP contribution in [0.25, 0.3) is 0 Å². The van der Waals surface area contributed by atoms with E-state index in [0.717, 1.165) is 19.4 Å². The molecule has 0 radical (unpaired) electrons. The van der Waals surface area contributed by atoms with Gasteiger partial charge in [0.2, 0.25) is 0 Å². The Hall–Kier alpha value is -0.570. The molecule has 0 unspecified atom stereocenters. The molecule has 56 valence electrons. The van der Waals surface area contributed by atoms with Crippen LogP contribution < -0.4 is 0 Å². The minimum absolute atomic E-state index is 0.0347. The van der Waals surface area contributed by atoms with E-state index in [-0.39, 0.29) is 18.0 Å². The summed E-state index contributed by atoms with van der Waals surface area (Å²) >= 11 is 0. The highest BCUT2D eigenvalue weighted by Gasteiger charge is 2.36. The lowest BCUT2D eigenvalue weighted by Crippen LogP contribution is -2.16.